The number of carbonyl (C=O) groups excluding carboxylic acids is 1. The lowest BCUT2D eigenvalue weighted by Crippen LogP contribution is -2.41. The van der Waals surface area contributed by atoms with Crippen LogP contribution in [0, 0.1) is 12.3 Å². The van der Waals surface area contributed by atoms with E-state index in [4.69, 9.17) is 11.2 Å². The Morgan fingerprint density at radius 1 is 1.52 bits per heavy atom. The Hall–Kier alpha value is -1.38. The number of carbonyl (C=O) groups is 1. The average molecular weight is 306 g/mol. The monoisotopic (exact) mass is 306 g/mol. The van der Waals surface area contributed by atoms with Crippen LogP contribution in [0.1, 0.15) is 45.4 Å². The van der Waals surface area contributed by atoms with Gasteiger partial charge in [0.15, 0.2) is 5.13 Å². The first-order chi connectivity index (χ1) is 10.2. The van der Waals surface area contributed by atoms with Crippen molar-refractivity contribution < 1.29 is 9.53 Å². The van der Waals surface area contributed by atoms with E-state index >= 15 is 0 Å². The lowest BCUT2D eigenvalue weighted by atomic mass is 10.1. The van der Waals surface area contributed by atoms with Crippen LogP contribution in [0.5, 0.6) is 0 Å². The molecule has 1 amide bonds. The minimum Gasteiger partial charge on any atom is -0.365 e. The zero-order valence-corrected chi connectivity index (χ0v) is 13.3. The molecule has 0 radical (unpaired) electrons. The zero-order chi connectivity index (χ0) is 15.1. The van der Waals surface area contributed by atoms with Crippen LogP contribution >= 0.6 is 11.3 Å². The van der Waals surface area contributed by atoms with E-state index in [0.29, 0.717) is 5.13 Å². The highest BCUT2D eigenvalue weighted by Crippen LogP contribution is 2.23. The van der Waals surface area contributed by atoms with Gasteiger partial charge in [0.25, 0.3) is 5.91 Å². The quantitative estimate of drug-likeness (QED) is 0.619. The molecule has 5 heteroatoms. The van der Waals surface area contributed by atoms with E-state index in [9.17, 15) is 4.79 Å². The van der Waals surface area contributed by atoms with Crippen molar-refractivity contribution in [1.82, 2.24) is 4.98 Å². The maximum absolute atomic E-state index is 12.6. The number of ether oxygens (including phenoxy) is 1. The van der Waals surface area contributed by atoms with E-state index in [1.165, 1.54) is 41.9 Å². The van der Waals surface area contributed by atoms with Crippen LogP contribution in [0.25, 0.3) is 0 Å². The van der Waals surface area contributed by atoms with Gasteiger partial charge in [-0.2, -0.15) is 0 Å². The summed E-state index contributed by atoms with van der Waals surface area (Å²) in [6, 6.07) is 0. The predicted octanol–water partition coefficient (Wildman–Crippen LogP) is 3.24. The summed E-state index contributed by atoms with van der Waals surface area (Å²) < 4.78 is 5.98. The third-order valence-electron chi connectivity index (χ3n) is 3.71. The van der Waals surface area contributed by atoms with E-state index in [-0.39, 0.29) is 18.6 Å². The number of rotatable bonds is 5. The van der Waals surface area contributed by atoms with Crippen molar-refractivity contribution in [2.45, 2.75) is 57.7 Å². The number of anilines is 1. The van der Waals surface area contributed by atoms with Gasteiger partial charge >= 0.3 is 0 Å². The molecule has 1 saturated carbocycles. The highest BCUT2D eigenvalue weighted by Gasteiger charge is 2.26. The molecule has 4 nitrogen and oxygen atoms in total. The first-order valence-corrected chi connectivity index (χ1v) is 8.40. The number of amides is 1. The first kappa shape index (κ1) is 16.0. The van der Waals surface area contributed by atoms with Gasteiger partial charge in [0.05, 0.1) is 12.6 Å². The number of aromatic nitrogens is 1. The van der Waals surface area contributed by atoms with Crippen LogP contribution in [0.2, 0.25) is 0 Å². The summed E-state index contributed by atoms with van der Waals surface area (Å²) in [6.07, 6.45) is 13.8. The third kappa shape index (κ3) is 4.55. The second kappa shape index (κ2) is 8.16. The van der Waals surface area contributed by atoms with E-state index < -0.39 is 6.10 Å². The van der Waals surface area contributed by atoms with E-state index in [1.54, 1.807) is 6.20 Å². The van der Waals surface area contributed by atoms with Crippen LogP contribution in [-0.2, 0) is 9.53 Å². The topological polar surface area (TPSA) is 42.4 Å². The van der Waals surface area contributed by atoms with Crippen molar-refractivity contribution >= 4 is 22.4 Å². The summed E-state index contributed by atoms with van der Waals surface area (Å²) in [7, 11) is 0. The number of terminal acetylenes is 1. The molecule has 1 aliphatic carbocycles. The molecular weight excluding hydrogens is 284 g/mol. The summed E-state index contributed by atoms with van der Waals surface area (Å²) in [5.74, 6) is 2.42. The van der Waals surface area contributed by atoms with Gasteiger partial charge in [-0.3, -0.25) is 9.69 Å². The maximum atomic E-state index is 12.6. The Bertz CT molecular complexity index is 473. The fourth-order valence-corrected chi connectivity index (χ4v) is 3.27. The fourth-order valence-electron chi connectivity index (χ4n) is 2.62. The lowest BCUT2D eigenvalue weighted by molar-refractivity contribution is -0.132. The maximum Gasteiger partial charge on any atom is 0.258 e. The first-order valence-electron chi connectivity index (χ1n) is 7.52. The Labute approximate surface area is 130 Å². The van der Waals surface area contributed by atoms with E-state index in [2.05, 4.69) is 10.9 Å². The molecule has 0 aliphatic heterocycles. The largest absolute Gasteiger partial charge is 0.365 e. The molecule has 1 aromatic rings. The smallest absolute Gasteiger partial charge is 0.258 e. The standard InChI is InChI=1S/C16H22N2O2S/c1-3-11-18(16-17-10-12-21-16)15(19)13(2)20-14-8-6-4-5-7-9-14/h1,10,12-14H,4-9,11H2,2H3/t13-/m0/s1. The Balaban J connectivity index is 1.97. The van der Waals surface area contributed by atoms with Gasteiger partial charge in [0.2, 0.25) is 0 Å². The molecule has 1 fully saturated rings. The third-order valence-corrected chi connectivity index (χ3v) is 4.51. The summed E-state index contributed by atoms with van der Waals surface area (Å²) in [5, 5.41) is 2.47. The van der Waals surface area contributed by atoms with Crippen LogP contribution in [0.15, 0.2) is 11.6 Å². The number of hydrogen-bond acceptors (Lipinski definition) is 4. The van der Waals surface area contributed by atoms with E-state index in [0.717, 1.165) is 12.8 Å². The Kier molecular flexibility index (Phi) is 6.21. The number of nitrogens with zero attached hydrogens (tertiary/aromatic N) is 2. The summed E-state index contributed by atoms with van der Waals surface area (Å²) >= 11 is 1.41. The molecule has 0 bridgehead atoms. The molecule has 1 heterocycles. The lowest BCUT2D eigenvalue weighted by Gasteiger charge is -2.25. The van der Waals surface area contributed by atoms with Crippen molar-refractivity contribution in [2.24, 2.45) is 0 Å². The number of thiazole rings is 1. The molecule has 2 rings (SSSR count). The van der Waals surface area contributed by atoms with Crippen molar-refractivity contribution in [3.05, 3.63) is 11.6 Å². The second-order valence-corrected chi connectivity index (χ2v) is 6.21. The van der Waals surface area contributed by atoms with Crippen molar-refractivity contribution in [3.63, 3.8) is 0 Å². The highest BCUT2D eigenvalue weighted by molar-refractivity contribution is 7.13. The molecule has 0 spiro atoms. The van der Waals surface area contributed by atoms with Gasteiger partial charge in [-0.15, -0.1) is 17.8 Å². The van der Waals surface area contributed by atoms with Crippen LogP contribution in [0.4, 0.5) is 5.13 Å². The highest BCUT2D eigenvalue weighted by atomic mass is 32.1. The molecule has 0 unspecified atom stereocenters. The van der Waals surface area contributed by atoms with Crippen molar-refractivity contribution in [2.75, 3.05) is 11.4 Å². The van der Waals surface area contributed by atoms with Crippen LogP contribution in [-0.4, -0.2) is 29.6 Å². The van der Waals surface area contributed by atoms with Gasteiger partial charge < -0.3 is 4.74 Å². The molecule has 0 N–H and O–H groups in total. The van der Waals surface area contributed by atoms with Crippen LogP contribution < -0.4 is 4.90 Å². The van der Waals surface area contributed by atoms with Gasteiger partial charge in [0, 0.05) is 11.6 Å². The minimum absolute atomic E-state index is 0.104. The molecule has 0 saturated heterocycles. The van der Waals surface area contributed by atoms with Crippen molar-refractivity contribution in [3.8, 4) is 12.3 Å². The van der Waals surface area contributed by atoms with Crippen LogP contribution in [0.3, 0.4) is 0 Å². The number of hydrogen-bond donors (Lipinski definition) is 0. The van der Waals surface area contributed by atoms with Gasteiger partial charge in [0.1, 0.15) is 6.10 Å². The Morgan fingerprint density at radius 3 is 2.81 bits per heavy atom. The average Bonchev–Trinajstić information content (AvgIpc) is 2.89. The molecular formula is C16H22N2O2S. The fraction of sp³-hybridized carbons (Fsp3) is 0.625. The normalized spacial score (nSPS) is 17.7. The zero-order valence-electron chi connectivity index (χ0n) is 12.5. The molecule has 1 atom stereocenters. The van der Waals surface area contributed by atoms with Gasteiger partial charge in [-0.25, -0.2) is 4.98 Å². The van der Waals surface area contributed by atoms with Gasteiger partial charge in [-0.1, -0.05) is 31.6 Å². The minimum atomic E-state index is -0.481. The molecule has 1 aliphatic rings. The Morgan fingerprint density at radius 2 is 2.24 bits per heavy atom. The SMILES string of the molecule is C#CCN(C(=O)[C@H](C)OC1CCCCCC1)c1nccs1. The molecule has 21 heavy (non-hydrogen) atoms. The summed E-state index contributed by atoms with van der Waals surface area (Å²) in [6.45, 7) is 2.04. The second-order valence-electron chi connectivity index (χ2n) is 5.34. The predicted molar refractivity (Wildman–Crippen MR) is 85.3 cm³/mol. The van der Waals surface area contributed by atoms with E-state index in [1.807, 2.05) is 12.3 Å². The summed E-state index contributed by atoms with van der Waals surface area (Å²) in [4.78, 5) is 18.3. The molecule has 114 valence electrons. The van der Waals surface area contributed by atoms with Crippen molar-refractivity contribution in [1.29, 1.82) is 0 Å². The summed E-state index contributed by atoms with van der Waals surface area (Å²) in [5.41, 5.74) is 0. The van der Waals surface area contributed by atoms with Gasteiger partial charge in [-0.05, 0) is 19.8 Å². The molecule has 0 aromatic carbocycles. The molecule has 1 aromatic heterocycles.